The zero-order valence-electron chi connectivity index (χ0n) is 10.9. The van der Waals surface area contributed by atoms with E-state index in [0.717, 1.165) is 18.5 Å². The number of hydrogen-bond acceptors (Lipinski definition) is 2. The highest BCUT2D eigenvalue weighted by atomic mass is 16.1. The Labute approximate surface area is 103 Å². The summed E-state index contributed by atoms with van der Waals surface area (Å²) < 4.78 is 0. The van der Waals surface area contributed by atoms with Crippen molar-refractivity contribution in [1.82, 2.24) is 0 Å². The highest BCUT2D eigenvalue weighted by Crippen LogP contribution is 2.16. The first-order chi connectivity index (χ1) is 8.12. The molecular formula is C14H22N2O. The first-order valence-corrected chi connectivity index (χ1v) is 6.22. The van der Waals surface area contributed by atoms with Gasteiger partial charge < -0.3 is 11.1 Å². The van der Waals surface area contributed by atoms with E-state index in [0.29, 0.717) is 6.54 Å². The van der Waals surface area contributed by atoms with Gasteiger partial charge in [-0.15, -0.1) is 0 Å². The average Bonchev–Trinajstić information content (AvgIpc) is 2.31. The molecule has 0 saturated carbocycles. The molecule has 94 valence electrons. The van der Waals surface area contributed by atoms with Crippen LogP contribution < -0.4 is 11.1 Å². The molecule has 3 heteroatoms. The highest BCUT2D eigenvalue weighted by Gasteiger charge is 2.14. The Morgan fingerprint density at radius 3 is 2.59 bits per heavy atom. The lowest BCUT2D eigenvalue weighted by atomic mass is 10.0. The largest absolute Gasteiger partial charge is 0.330 e. The second-order valence-electron chi connectivity index (χ2n) is 4.32. The van der Waals surface area contributed by atoms with Gasteiger partial charge in [-0.1, -0.05) is 19.9 Å². The molecule has 0 saturated heterocycles. The smallest absolute Gasteiger partial charge is 0.228 e. The van der Waals surface area contributed by atoms with Crippen LogP contribution in [0.4, 0.5) is 5.69 Å². The monoisotopic (exact) mass is 234 g/mol. The SMILES string of the molecule is CCc1ccc(NC(=O)C(CC)CN)cc1C. The molecule has 1 unspecified atom stereocenters. The molecule has 0 fully saturated rings. The van der Waals surface area contributed by atoms with E-state index in [9.17, 15) is 4.79 Å². The van der Waals surface area contributed by atoms with Crippen molar-refractivity contribution in [3.05, 3.63) is 29.3 Å². The van der Waals surface area contributed by atoms with Crippen LogP contribution in [0.15, 0.2) is 18.2 Å². The second-order valence-corrected chi connectivity index (χ2v) is 4.32. The summed E-state index contributed by atoms with van der Waals surface area (Å²) in [6.07, 6.45) is 1.79. The molecule has 1 atom stereocenters. The number of benzene rings is 1. The molecule has 17 heavy (non-hydrogen) atoms. The number of hydrogen-bond donors (Lipinski definition) is 2. The molecule has 3 N–H and O–H groups in total. The molecule has 0 aliphatic carbocycles. The summed E-state index contributed by atoms with van der Waals surface area (Å²) in [5.74, 6) is -0.0835. The number of amides is 1. The number of aryl methyl sites for hydroxylation is 2. The number of anilines is 1. The Kier molecular flexibility index (Phi) is 5.16. The maximum atomic E-state index is 11.8. The quantitative estimate of drug-likeness (QED) is 0.822. The lowest BCUT2D eigenvalue weighted by molar-refractivity contribution is -0.119. The van der Waals surface area contributed by atoms with Crippen LogP contribution in [-0.4, -0.2) is 12.5 Å². The Hall–Kier alpha value is -1.35. The van der Waals surface area contributed by atoms with Gasteiger partial charge in [0, 0.05) is 12.2 Å². The minimum absolute atomic E-state index is 0.0126. The Morgan fingerprint density at radius 2 is 2.12 bits per heavy atom. The first-order valence-electron chi connectivity index (χ1n) is 6.22. The van der Waals surface area contributed by atoms with E-state index < -0.39 is 0 Å². The van der Waals surface area contributed by atoms with E-state index >= 15 is 0 Å². The molecule has 0 heterocycles. The van der Waals surface area contributed by atoms with Crippen molar-refractivity contribution in [3.8, 4) is 0 Å². The lowest BCUT2D eigenvalue weighted by Gasteiger charge is -2.13. The standard InChI is InChI=1S/C14H22N2O/c1-4-11-6-7-13(8-10(11)3)16-14(17)12(5-2)9-15/h6-8,12H,4-5,9,15H2,1-3H3,(H,16,17). The molecule has 0 aromatic heterocycles. The number of carbonyl (C=O) groups excluding carboxylic acids is 1. The van der Waals surface area contributed by atoms with E-state index in [-0.39, 0.29) is 11.8 Å². The molecule has 1 rings (SSSR count). The van der Waals surface area contributed by atoms with Gasteiger partial charge in [0.2, 0.25) is 5.91 Å². The molecule has 0 spiro atoms. The predicted molar refractivity (Wildman–Crippen MR) is 72.0 cm³/mol. The topological polar surface area (TPSA) is 55.1 Å². The van der Waals surface area contributed by atoms with Crippen LogP contribution in [0.1, 0.15) is 31.4 Å². The fraction of sp³-hybridized carbons (Fsp3) is 0.500. The summed E-state index contributed by atoms with van der Waals surface area (Å²) in [5, 5.41) is 2.92. The van der Waals surface area contributed by atoms with Gasteiger partial charge in [0.25, 0.3) is 0 Å². The molecule has 0 aliphatic rings. The third kappa shape index (κ3) is 3.56. The minimum Gasteiger partial charge on any atom is -0.330 e. The van der Waals surface area contributed by atoms with Crippen LogP contribution in [0.3, 0.4) is 0 Å². The van der Waals surface area contributed by atoms with Crippen molar-refractivity contribution in [2.75, 3.05) is 11.9 Å². The maximum Gasteiger partial charge on any atom is 0.228 e. The summed E-state index contributed by atoms with van der Waals surface area (Å²) in [6.45, 7) is 6.56. The average molecular weight is 234 g/mol. The summed E-state index contributed by atoms with van der Waals surface area (Å²) in [4.78, 5) is 11.8. The summed E-state index contributed by atoms with van der Waals surface area (Å²) in [7, 11) is 0. The van der Waals surface area contributed by atoms with E-state index in [1.807, 2.05) is 19.1 Å². The highest BCUT2D eigenvalue weighted by molar-refractivity contribution is 5.92. The number of nitrogens with two attached hydrogens (primary N) is 1. The van der Waals surface area contributed by atoms with Gasteiger partial charge in [0.05, 0.1) is 5.92 Å². The van der Waals surface area contributed by atoms with Crippen LogP contribution in [-0.2, 0) is 11.2 Å². The van der Waals surface area contributed by atoms with Gasteiger partial charge in [-0.3, -0.25) is 4.79 Å². The molecule has 3 nitrogen and oxygen atoms in total. The number of nitrogens with one attached hydrogen (secondary N) is 1. The summed E-state index contributed by atoms with van der Waals surface area (Å²) in [6, 6.07) is 6.03. The second kappa shape index (κ2) is 6.40. The van der Waals surface area contributed by atoms with Crippen molar-refractivity contribution in [3.63, 3.8) is 0 Å². The first kappa shape index (κ1) is 13.7. The number of carbonyl (C=O) groups is 1. The summed E-state index contributed by atoms with van der Waals surface area (Å²) >= 11 is 0. The van der Waals surface area contributed by atoms with Crippen LogP contribution in [0.5, 0.6) is 0 Å². The van der Waals surface area contributed by atoms with Crippen molar-refractivity contribution in [2.24, 2.45) is 11.7 Å². The van der Waals surface area contributed by atoms with Gasteiger partial charge in [0.15, 0.2) is 0 Å². The van der Waals surface area contributed by atoms with Crippen molar-refractivity contribution >= 4 is 11.6 Å². The van der Waals surface area contributed by atoms with Crippen LogP contribution in [0.2, 0.25) is 0 Å². The molecule has 0 bridgehead atoms. The van der Waals surface area contributed by atoms with Gasteiger partial charge in [-0.2, -0.15) is 0 Å². The molecule has 1 aromatic carbocycles. The van der Waals surface area contributed by atoms with Crippen LogP contribution in [0, 0.1) is 12.8 Å². The van der Waals surface area contributed by atoms with Gasteiger partial charge in [-0.05, 0) is 43.0 Å². The van der Waals surface area contributed by atoms with Gasteiger partial charge >= 0.3 is 0 Å². The molecule has 1 amide bonds. The van der Waals surface area contributed by atoms with E-state index in [2.05, 4.69) is 25.2 Å². The van der Waals surface area contributed by atoms with Crippen LogP contribution in [0.25, 0.3) is 0 Å². The van der Waals surface area contributed by atoms with Crippen LogP contribution >= 0.6 is 0 Å². The lowest BCUT2D eigenvalue weighted by Crippen LogP contribution is -2.28. The molecular weight excluding hydrogens is 212 g/mol. The Morgan fingerprint density at radius 1 is 1.41 bits per heavy atom. The fourth-order valence-electron chi connectivity index (χ4n) is 1.87. The van der Waals surface area contributed by atoms with E-state index in [1.165, 1.54) is 11.1 Å². The maximum absolute atomic E-state index is 11.8. The van der Waals surface area contributed by atoms with Crippen molar-refractivity contribution in [1.29, 1.82) is 0 Å². The number of rotatable bonds is 5. The predicted octanol–water partition coefficient (Wildman–Crippen LogP) is 2.48. The Bertz CT molecular complexity index is 384. The molecule has 0 aliphatic heterocycles. The third-order valence-corrected chi connectivity index (χ3v) is 3.14. The fourth-order valence-corrected chi connectivity index (χ4v) is 1.87. The molecule has 1 aromatic rings. The minimum atomic E-state index is -0.0962. The van der Waals surface area contributed by atoms with E-state index in [1.54, 1.807) is 0 Å². The van der Waals surface area contributed by atoms with Gasteiger partial charge in [-0.25, -0.2) is 0 Å². The van der Waals surface area contributed by atoms with Gasteiger partial charge in [0.1, 0.15) is 0 Å². The Balaban J connectivity index is 2.75. The zero-order chi connectivity index (χ0) is 12.8. The van der Waals surface area contributed by atoms with Crippen molar-refractivity contribution < 1.29 is 4.79 Å². The third-order valence-electron chi connectivity index (χ3n) is 3.14. The van der Waals surface area contributed by atoms with E-state index in [4.69, 9.17) is 5.73 Å². The molecule has 0 radical (unpaired) electrons. The zero-order valence-corrected chi connectivity index (χ0v) is 10.9. The normalized spacial score (nSPS) is 12.2. The van der Waals surface area contributed by atoms with Crippen molar-refractivity contribution in [2.45, 2.75) is 33.6 Å². The summed E-state index contributed by atoms with van der Waals surface area (Å²) in [5.41, 5.74) is 8.94.